The Labute approximate surface area is 161 Å². The minimum Gasteiger partial charge on any atom is -0.379 e. The lowest BCUT2D eigenvalue weighted by Crippen LogP contribution is -2.36. The number of hydrogen-bond donors (Lipinski definition) is 1. The molecular formula is C20H26ClN3O2. The summed E-state index contributed by atoms with van der Waals surface area (Å²) in [6.45, 7) is 4.73. The number of rotatable bonds is 7. The van der Waals surface area contributed by atoms with Crippen molar-refractivity contribution in [1.82, 2.24) is 9.88 Å². The van der Waals surface area contributed by atoms with Crippen LogP contribution in [0.3, 0.4) is 0 Å². The summed E-state index contributed by atoms with van der Waals surface area (Å²) in [7, 11) is 0. The van der Waals surface area contributed by atoms with E-state index in [-0.39, 0.29) is 18.3 Å². The summed E-state index contributed by atoms with van der Waals surface area (Å²) < 4.78 is 5.34. The average molecular weight is 376 g/mol. The van der Waals surface area contributed by atoms with Gasteiger partial charge in [0, 0.05) is 37.6 Å². The summed E-state index contributed by atoms with van der Waals surface area (Å²) >= 11 is 0. The molecule has 140 valence electrons. The molecule has 2 aromatic rings. The summed E-state index contributed by atoms with van der Waals surface area (Å²) in [6, 6.07) is 11.8. The van der Waals surface area contributed by atoms with Crippen LogP contribution in [-0.4, -0.2) is 48.6 Å². The first-order chi connectivity index (χ1) is 12.3. The van der Waals surface area contributed by atoms with Crippen LogP contribution in [0.15, 0.2) is 48.8 Å². The highest BCUT2D eigenvalue weighted by atomic mass is 35.5. The fourth-order valence-corrected chi connectivity index (χ4v) is 2.95. The molecule has 1 aliphatic rings. The summed E-state index contributed by atoms with van der Waals surface area (Å²) in [5.74, 6) is 0.0797. The molecule has 0 spiro atoms. The van der Waals surface area contributed by atoms with Crippen molar-refractivity contribution in [3.8, 4) is 11.1 Å². The summed E-state index contributed by atoms with van der Waals surface area (Å²) in [4.78, 5) is 18.6. The highest BCUT2D eigenvalue weighted by molar-refractivity contribution is 5.90. The molecule has 0 aliphatic carbocycles. The molecule has 2 heterocycles. The number of aromatic nitrogens is 1. The third kappa shape index (κ3) is 6.41. The molecule has 3 rings (SSSR count). The molecule has 5 nitrogen and oxygen atoms in total. The summed E-state index contributed by atoms with van der Waals surface area (Å²) in [6.07, 6.45) is 6.12. The Morgan fingerprint density at radius 3 is 2.54 bits per heavy atom. The van der Waals surface area contributed by atoms with Crippen molar-refractivity contribution >= 4 is 24.0 Å². The Balaban J connectivity index is 0.00000243. The molecule has 1 aliphatic heterocycles. The smallest absolute Gasteiger partial charge is 0.224 e. The van der Waals surface area contributed by atoms with Gasteiger partial charge in [0.1, 0.15) is 0 Å². The number of hydrogen-bond acceptors (Lipinski definition) is 4. The first-order valence-electron chi connectivity index (χ1n) is 8.92. The Morgan fingerprint density at radius 1 is 1.08 bits per heavy atom. The lowest BCUT2D eigenvalue weighted by molar-refractivity contribution is -0.116. The van der Waals surface area contributed by atoms with Gasteiger partial charge in [-0.2, -0.15) is 0 Å². The van der Waals surface area contributed by atoms with E-state index in [1.807, 2.05) is 42.6 Å². The van der Waals surface area contributed by atoms with Crippen molar-refractivity contribution in [3.05, 3.63) is 48.8 Å². The van der Waals surface area contributed by atoms with Gasteiger partial charge in [0.2, 0.25) is 5.91 Å². The van der Waals surface area contributed by atoms with Gasteiger partial charge in [0.25, 0.3) is 0 Å². The van der Waals surface area contributed by atoms with Crippen LogP contribution in [0, 0.1) is 0 Å². The number of ether oxygens (including phenoxy) is 1. The number of nitrogens with one attached hydrogen (secondary N) is 1. The van der Waals surface area contributed by atoms with Crippen LogP contribution < -0.4 is 5.32 Å². The van der Waals surface area contributed by atoms with Crippen LogP contribution in [0.2, 0.25) is 0 Å². The Hall–Kier alpha value is -1.95. The Morgan fingerprint density at radius 2 is 1.85 bits per heavy atom. The van der Waals surface area contributed by atoms with Crippen LogP contribution in [0.4, 0.5) is 5.69 Å². The van der Waals surface area contributed by atoms with Crippen molar-refractivity contribution in [3.63, 3.8) is 0 Å². The Bertz CT molecular complexity index is 659. The minimum absolute atomic E-state index is 0. The van der Waals surface area contributed by atoms with E-state index in [2.05, 4.69) is 15.2 Å². The number of morpholine rings is 1. The highest BCUT2D eigenvalue weighted by Crippen LogP contribution is 2.20. The van der Waals surface area contributed by atoms with E-state index < -0.39 is 0 Å². The fraction of sp³-hybridized carbons (Fsp3) is 0.400. The quantitative estimate of drug-likeness (QED) is 0.751. The second kappa shape index (κ2) is 10.9. The first-order valence-corrected chi connectivity index (χ1v) is 8.92. The number of carbonyl (C=O) groups excluding carboxylic acids is 1. The van der Waals surface area contributed by atoms with Gasteiger partial charge in [0.15, 0.2) is 0 Å². The van der Waals surface area contributed by atoms with E-state index in [0.717, 1.165) is 62.5 Å². The SMILES string of the molecule is Cl.O=C(CCCCN1CCOCC1)Nc1ccc(-c2cccnc2)cc1. The largest absolute Gasteiger partial charge is 0.379 e. The van der Waals surface area contributed by atoms with Crippen LogP contribution in [-0.2, 0) is 9.53 Å². The maximum Gasteiger partial charge on any atom is 0.224 e. The first kappa shape index (κ1) is 20.4. The Kier molecular flexibility index (Phi) is 8.54. The monoisotopic (exact) mass is 375 g/mol. The molecule has 1 aromatic carbocycles. The number of carbonyl (C=O) groups is 1. The molecule has 26 heavy (non-hydrogen) atoms. The third-order valence-electron chi connectivity index (χ3n) is 4.40. The van der Waals surface area contributed by atoms with Crippen LogP contribution in [0.5, 0.6) is 0 Å². The van der Waals surface area contributed by atoms with Crippen LogP contribution >= 0.6 is 12.4 Å². The molecule has 1 fully saturated rings. The average Bonchev–Trinajstić information content (AvgIpc) is 2.67. The van der Waals surface area contributed by atoms with Gasteiger partial charge in [-0.15, -0.1) is 12.4 Å². The van der Waals surface area contributed by atoms with Crippen molar-refractivity contribution in [2.24, 2.45) is 0 Å². The van der Waals surface area contributed by atoms with E-state index in [0.29, 0.717) is 6.42 Å². The topological polar surface area (TPSA) is 54.5 Å². The predicted molar refractivity (Wildman–Crippen MR) is 107 cm³/mol. The standard InChI is InChI=1S/C20H25N3O2.ClH/c24-20(5-1-2-11-23-12-14-25-15-13-23)22-19-8-6-17(7-9-19)18-4-3-10-21-16-18;/h3-4,6-10,16H,1-2,5,11-15H2,(H,22,24);1H. The number of amides is 1. The summed E-state index contributed by atoms with van der Waals surface area (Å²) in [5, 5.41) is 2.97. The summed E-state index contributed by atoms with van der Waals surface area (Å²) in [5.41, 5.74) is 3.01. The number of pyridine rings is 1. The van der Waals surface area contributed by atoms with Gasteiger partial charge in [0.05, 0.1) is 13.2 Å². The molecule has 0 unspecified atom stereocenters. The van der Waals surface area contributed by atoms with Gasteiger partial charge in [-0.05, 0) is 48.7 Å². The zero-order valence-corrected chi connectivity index (χ0v) is 15.7. The van der Waals surface area contributed by atoms with Crippen LogP contribution in [0.25, 0.3) is 11.1 Å². The van der Waals surface area contributed by atoms with Crippen LogP contribution in [0.1, 0.15) is 19.3 Å². The number of halogens is 1. The molecule has 0 radical (unpaired) electrons. The lowest BCUT2D eigenvalue weighted by atomic mass is 10.1. The molecular weight excluding hydrogens is 350 g/mol. The number of benzene rings is 1. The number of nitrogens with zero attached hydrogens (tertiary/aromatic N) is 2. The van der Waals surface area contributed by atoms with E-state index in [9.17, 15) is 4.79 Å². The second-order valence-electron chi connectivity index (χ2n) is 6.28. The predicted octanol–water partition coefficient (Wildman–Crippen LogP) is 3.61. The molecule has 0 atom stereocenters. The highest BCUT2D eigenvalue weighted by Gasteiger charge is 2.10. The molecule has 1 amide bonds. The maximum atomic E-state index is 12.1. The van der Waals surface area contributed by atoms with E-state index in [1.165, 1.54) is 0 Å². The van der Waals surface area contributed by atoms with E-state index >= 15 is 0 Å². The maximum absolute atomic E-state index is 12.1. The molecule has 1 aromatic heterocycles. The molecule has 0 saturated carbocycles. The van der Waals surface area contributed by atoms with Gasteiger partial charge in [-0.3, -0.25) is 14.7 Å². The zero-order valence-electron chi connectivity index (χ0n) is 14.9. The van der Waals surface area contributed by atoms with Crippen molar-refractivity contribution < 1.29 is 9.53 Å². The van der Waals surface area contributed by atoms with E-state index in [4.69, 9.17) is 4.74 Å². The van der Waals surface area contributed by atoms with Gasteiger partial charge >= 0.3 is 0 Å². The fourth-order valence-electron chi connectivity index (χ4n) is 2.95. The van der Waals surface area contributed by atoms with Crippen molar-refractivity contribution in [1.29, 1.82) is 0 Å². The lowest BCUT2D eigenvalue weighted by Gasteiger charge is -2.26. The van der Waals surface area contributed by atoms with Gasteiger partial charge in [-0.25, -0.2) is 0 Å². The number of unbranched alkanes of at least 4 members (excludes halogenated alkanes) is 1. The third-order valence-corrected chi connectivity index (χ3v) is 4.40. The van der Waals surface area contributed by atoms with Crippen molar-refractivity contribution in [2.75, 3.05) is 38.2 Å². The zero-order chi connectivity index (χ0) is 17.3. The molecule has 6 heteroatoms. The molecule has 1 N–H and O–H groups in total. The second-order valence-corrected chi connectivity index (χ2v) is 6.28. The molecule has 1 saturated heterocycles. The molecule has 0 bridgehead atoms. The van der Waals surface area contributed by atoms with E-state index in [1.54, 1.807) is 6.20 Å². The minimum atomic E-state index is 0. The van der Waals surface area contributed by atoms with Crippen molar-refractivity contribution in [2.45, 2.75) is 19.3 Å². The van der Waals surface area contributed by atoms with Gasteiger partial charge in [-0.1, -0.05) is 18.2 Å². The normalized spacial score (nSPS) is 14.5. The van der Waals surface area contributed by atoms with Gasteiger partial charge < -0.3 is 10.1 Å². The number of anilines is 1.